The number of hydrogen-bond acceptors (Lipinski definition) is 4. The van der Waals surface area contributed by atoms with Crippen LogP contribution in [0.5, 0.6) is 0 Å². The number of fused-ring (bicyclic) bond motifs is 1. The summed E-state index contributed by atoms with van der Waals surface area (Å²) in [7, 11) is 1.96. The highest BCUT2D eigenvalue weighted by atomic mass is 16.5. The molecule has 1 saturated heterocycles. The van der Waals surface area contributed by atoms with Crippen molar-refractivity contribution in [3.05, 3.63) is 59.4 Å². The summed E-state index contributed by atoms with van der Waals surface area (Å²) in [6.07, 6.45) is 1.55. The van der Waals surface area contributed by atoms with Gasteiger partial charge in [0, 0.05) is 31.3 Å². The van der Waals surface area contributed by atoms with Gasteiger partial charge >= 0.3 is 0 Å². The molecule has 3 aromatic rings. The minimum Gasteiger partial charge on any atom is -0.370 e. The zero-order chi connectivity index (χ0) is 23.7. The Morgan fingerprint density at radius 2 is 1.85 bits per heavy atom. The molecule has 2 N–H and O–H groups in total. The molecule has 2 heterocycles. The molecule has 0 radical (unpaired) electrons. The summed E-state index contributed by atoms with van der Waals surface area (Å²) in [6.45, 7) is 7.78. The Bertz CT molecular complexity index is 1170. The molecule has 0 saturated carbocycles. The van der Waals surface area contributed by atoms with E-state index >= 15 is 0 Å². The Morgan fingerprint density at radius 1 is 1.12 bits per heavy atom. The molecule has 3 atom stereocenters. The second-order valence-corrected chi connectivity index (χ2v) is 9.27. The Morgan fingerprint density at radius 3 is 2.52 bits per heavy atom. The molecule has 4 rings (SSSR count). The average molecular weight is 449 g/mol. The van der Waals surface area contributed by atoms with Crippen LogP contribution >= 0.6 is 0 Å². The summed E-state index contributed by atoms with van der Waals surface area (Å²) in [6, 6.07) is 13.4. The molecular formula is C26H32N4O3. The van der Waals surface area contributed by atoms with Crippen LogP contribution < -0.4 is 10.6 Å². The van der Waals surface area contributed by atoms with Crippen molar-refractivity contribution in [1.82, 2.24) is 14.9 Å². The number of anilines is 1. The van der Waals surface area contributed by atoms with E-state index in [-0.39, 0.29) is 30.1 Å². The van der Waals surface area contributed by atoms with Gasteiger partial charge in [0.05, 0.1) is 23.2 Å². The molecule has 0 spiro atoms. The molecule has 33 heavy (non-hydrogen) atoms. The van der Waals surface area contributed by atoms with E-state index in [1.54, 1.807) is 6.92 Å². The third-order valence-corrected chi connectivity index (χ3v) is 6.41. The molecular weight excluding hydrogens is 416 g/mol. The van der Waals surface area contributed by atoms with Gasteiger partial charge in [-0.15, -0.1) is 0 Å². The van der Waals surface area contributed by atoms with Gasteiger partial charge in [0.1, 0.15) is 5.82 Å². The standard InChI is InChI=1S/C26H32N4O3/c1-15(2)24-13-21(28-17(4)31)14-25(33-24)18-6-9-20(10-7-18)29-26(32)19-8-11-23-22(12-19)27-16(3)30(23)5/h6-12,15,21,24-25H,13-14H2,1-5H3,(H,28,31)(H,29,32)/t21-,24-,25+/m1/s1. The molecule has 7 nitrogen and oxygen atoms in total. The van der Waals surface area contributed by atoms with Crippen molar-refractivity contribution in [2.24, 2.45) is 13.0 Å². The van der Waals surface area contributed by atoms with Crippen LogP contribution in [0.1, 0.15) is 61.5 Å². The van der Waals surface area contributed by atoms with Crippen LogP contribution in [0.4, 0.5) is 5.69 Å². The van der Waals surface area contributed by atoms with Gasteiger partial charge in [-0.3, -0.25) is 9.59 Å². The maximum absolute atomic E-state index is 12.8. The predicted octanol–water partition coefficient (Wildman–Crippen LogP) is 4.51. The molecule has 174 valence electrons. The van der Waals surface area contributed by atoms with E-state index in [9.17, 15) is 9.59 Å². The zero-order valence-electron chi connectivity index (χ0n) is 19.9. The monoisotopic (exact) mass is 448 g/mol. The molecule has 1 fully saturated rings. The van der Waals surface area contributed by atoms with Crippen LogP contribution in [0.15, 0.2) is 42.5 Å². The Balaban J connectivity index is 1.46. The number of hydrogen-bond donors (Lipinski definition) is 2. The molecule has 0 aliphatic carbocycles. The number of nitrogens with zero attached hydrogens (tertiary/aromatic N) is 2. The lowest BCUT2D eigenvalue weighted by Gasteiger charge is -2.37. The van der Waals surface area contributed by atoms with Crippen molar-refractivity contribution in [3.63, 3.8) is 0 Å². The second-order valence-electron chi connectivity index (χ2n) is 9.27. The van der Waals surface area contributed by atoms with Crippen molar-refractivity contribution in [3.8, 4) is 0 Å². The lowest BCUT2D eigenvalue weighted by Crippen LogP contribution is -2.43. The van der Waals surface area contributed by atoms with Gasteiger partial charge < -0.3 is 19.9 Å². The first kappa shape index (κ1) is 23.0. The van der Waals surface area contributed by atoms with Crippen LogP contribution in [-0.2, 0) is 16.6 Å². The van der Waals surface area contributed by atoms with Gasteiger partial charge in [-0.1, -0.05) is 26.0 Å². The van der Waals surface area contributed by atoms with Crippen molar-refractivity contribution in [1.29, 1.82) is 0 Å². The highest BCUT2D eigenvalue weighted by Crippen LogP contribution is 2.34. The number of aromatic nitrogens is 2. The minimum atomic E-state index is -0.174. The maximum atomic E-state index is 12.8. The van der Waals surface area contributed by atoms with E-state index in [2.05, 4.69) is 29.5 Å². The molecule has 0 bridgehead atoms. The van der Waals surface area contributed by atoms with Crippen LogP contribution in [0.3, 0.4) is 0 Å². The summed E-state index contributed by atoms with van der Waals surface area (Å²) in [5.74, 6) is 1.08. The number of nitrogens with one attached hydrogen (secondary N) is 2. The number of carbonyl (C=O) groups excluding carboxylic acids is 2. The van der Waals surface area contributed by atoms with Crippen LogP contribution in [0.25, 0.3) is 11.0 Å². The Kier molecular flexibility index (Phi) is 6.51. The highest BCUT2D eigenvalue weighted by Gasteiger charge is 2.32. The van der Waals surface area contributed by atoms with Crippen molar-refractivity contribution < 1.29 is 14.3 Å². The fourth-order valence-electron chi connectivity index (χ4n) is 4.45. The smallest absolute Gasteiger partial charge is 0.255 e. The molecule has 2 aromatic carbocycles. The van der Waals surface area contributed by atoms with Gasteiger partial charge in [-0.2, -0.15) is 0 Å². The molecule has 1 aromatic heterocycles. The number of rotatable bonds is 5. The number of amides is 2. The van der Waals surface area contributed by atoms with E-state index in [0.717, 1.165) is 41.0 Å². The van der Waals surface area contributed by atoms with Gasteiger partial charge in [-0.25, -0.2) is 4.98 Å². The fraction of sp³-hybridized carbons (Fsp3) is 0.423. The normalized spacial score (nSPS) is 20.7. The zero-order valence-corrected chi connectivity index (χ0v) is 19.9. The van der Waals surface area contributed by atoms with E-state index in [1.165, 1.54) is 0 Å². The van der Waals surface area contributed by atoms with Gasteiger partial charge in [0.25, 0.3) is 5.91 Å². The summed E-state index contributed by atoms with van der Waals surface area (Å²) in [5.41, 5.74) is 4.13. The lowest BCUT2D eigenvalue weighted by molar-refractivity contribution is -0.123. The van der Waals surface area contributed by atoms with E-state index in [0.29, 0.717) is 11.5 Å². The van der Waals surface area contributed by atoms with Gasteiger partial charge in [0.2, 0.25) is 5.91 Å². The first-order valence-corrected chi connectivity index (χ1v) is 11.5. The number of imidazole rings is 1. The van der Waals surface area contributed by atoms with Crippen molar-refractivity contribution >= 4 is 28.5 Å². The first-order chi connectivity index (χ1) is 15.7. The minimum absolute atomic E-state index is 0.0136. The third kappa shape index (κ3) is 5.09. The van der Waals surface area contributed by atoms with Crippen molar-refractivity contribution in [2.75, 3.05) is 5.32 Å². The Labute approximate surface area is 194 Å². The average Bonchev–Trinajstić information content (AvgIpc) is 3.06. The fourth-order valence-corrected chi connectivity index (χ4v) is 4.45. The Hall–Kier alpha value is -3.19. The number of aryl methyl sites for hydroxylation is 2. The summed E-state index contributed by atoms with van der Waals surface area (Å²) >= 11 is 0. The van der Waals surface area contributed by atoms with E-state index in [1.807, 2.05) is 61.0 Å². The third-order valence-electron chi connectivity index (χ3n) is 6.41. The summed E-state index contributed by atoms with van der Waals surface area (Å²) < 4.78 is 8.34. The summed E-state index contributed by atoms with van der Waals surface area (Å²) in [5, 5.41) is 6.02. The van der Waals surface area contributed by atoms with E-state index < -0.39 is 0 Å². The lowest BCUT2D eigenvalue weighted by atomic mass is 9.90. The quantitative estimate of drug-likeness (QED) is 0.601. The molecule has 1 aliphatic heterocycles. The SMILES string of the molecule is CC(=O)N[C@H]1C[C@@H](c2ccc(NC(=O)c3ccc4c(c3)nc(C)n4C)cc2)O[C@@H](C(C)C)C1. The number of carbonyl (C=O) groups is 2. The maximum Gasteiger partial charge on any atom is 0.255 e. The molecule has 2 amide bonds. The van der Waals surface area contributed by atoms with Crippen LogP contribution in [0, 0.1) is 12.8 Å². The highest BCUT2D eigenvalue weighted by molar-refractivity contribution is 6.06. The predicted molar refractivity (Wildman–Crippen MR) is 129 cm³/mol. The second kappa shape index (κ2) is 9.35. The topological polar surface area (TPSA) is 85.3 Å². The van der Waals surface area contributed by atoms with Crippen LogP contribution in [-0.4, -0.2) is 33.5 Å². The molecule has 0 unspecified atom stereocenters. The van der Waals surface area contributed by atoms with Gasteiger partial charge in [-0.05, 0) is 61.6 Å². The van der Waals surface area contributed by atoms with Crippen LogP contribution in [0.2, 0.25) is 0 Å². The number of ether oxygens (including phenoxy) is 1. The van der Waals surface area contributed by atoms with Crippen molar-refractivity contribution in [2.45, 2.75) is 58.8 Å². The van der Waals surface area contributed by atoms with E-state index in [4.69, 9.17) is 4.74 Å². The summed E-state index contributed by atoms with van der Waals surface area (Å²) in [4.78, 5) is 28.9. The largest absolute Gasteiger partial charge is 0.370 e. The molecule has 7 heteroatoms. The van der Waals surface area contributed by atoms with Gasteiger partial charge in [0.15, 0.2) is 0 Å². The first-order valence-electron chi connectivity index (χ1n) is 11.5. The number of benzene rings is 2. The molecule has 1 aliphatic rings.